The maximum atomic E-state index is 10.6. The normalized spacial score (nSPS) is 18.1. The van der Waals surface area contributed by atoms with Crippen LogP contribution in [-0.4, -0.2) is 33.6 Å². The molecule has 1 unspecified atom stereocenters. The molecule has 1 atom stereocenters. The predicted octanol–water partition coefficient (Wildman–Crippen LogP) is 2.90. The lowest BCUT2D eigenvalue weighted by atomic mass is 10.0. The number of anilines is 1. The molecule has 0 amide bonds. The molecule has 106 valence electrons. The van der Waals surface area contributed by atoms with Gasteiger partial charge in [-0.3, -0.25) is 4.79 Å². The fourth-order valence-electron chi connectivity index (χ4n) is 2.27. The molecular weight excluding hydrogens is 314 g/mol. The number of carbonyl (C=O) groups is 1. The lowest BCUT2D eigenvalue weighted by Crippen LogP contribution is -2.32. The van der Waals surface area contributed by atoms with E-state index in [4.69, 9.17) is 5.11 Å². The highest BCUT2D eigenvalue weighted by Gasteiger charge is 2.27. The summed E-state index contributed by atoms with van der Waals surface area (Å²) >= 11 is 4.51. The topological polar surface area (TPSA) is 66.3 Å². The van der Waals surface area contributed by atoms with E-state index < -0.39 is 5.97 Å². The highest BCUT2D eigenvalue weighted by Crippen LogP contribution is 2.38. The summed E-state index contributed by atoms with van der Waals surface area (Å²) in [5.41, 5.74) is 1.37. The third kappa shape index (κ3) is 2.68. The number of fused-ring (bicyclic) bond motifs is 1. The van der Waals surface area contributed by atoms with Crippen molar-refractivity contribution in [1.82, 2.24) is 10.2 Å². The Morgan fingerprint density at radius 3 is 3.25 bits per heavy atom. The summed E-state index contributed by atoms with van der Waals surface area (Å²) in [5.74, 6) is -0.806. The van der Waals surface area contributed by atoms with Crippen LogP contribution >= 0.6 is 34.4 Å². The lowest BCUT2D eigenvalue weighted by molar-refractivity contribution is -0.133. The Bertz CT molecular complexity index is 625. The van der Waals surface area contributed by atoms with Crippen LogP contribution in [0.3, 0.4) is 0 Å². The van der Waals surface area contributed by atoms with Crippen LogP contribution in [0.25, 0.3) is 0 Å². The highest BCUT2D eigenvalue weighted by molar-refractivity contribution is 8.01. The van der Waals surface area contributed by atoms with E-state index in [1.165, 1.54) is 33.5 Å². The van der Waals surface area contributed by atoms with Crippen molar-refractivity contribution in [2.75, 3.05) is 17.2 Å². The van der Waals surface area contributed by atoms with Gasteiger partial charge in [-0.15, -0.1) is 21.5 Å². The molecular formula is C12H13N3O2S3. The van der Waals surface area contributed by atoms with Gasteiger partial charge in [0.05, 0.1) is 11.8 Å². The number of carboxylic acids is 1. The first-order chi connectivity index (χ1) is 9.65. The van der Waals surface area contributed by atoms with Crippen LogP contribution in [0.2, 0.25) is 0 Å². The molecule has 1 aliphatic heterocycles. The van der Waals surface area contributed by atoms with Crippen LogP contribution in [0.15, 0.2) is 15.8 Å². The standard InChI is InChI=1S/C12H13N3O2S3/c1-7-8-3-5-18-9(8)2-4-15(7)11-13-14-12(20-11)19-6-10(16)17/h3,5,7H,2,4,6H2,1H3,(H,16,17). The van der Waals surface area contributed by atoms with E-state index in [2.05, 4.69) is 33.5 Å². The number of rotatable bonds is 4. The fraction of sp³-hybridized carbons (Fsp3) is 0.417. The molecule has 0 aromatic carbocycles. The molecule has 3 rings (SSSR count). The van der Waals surface area contributed by atoms with E-state index in [0.717, 1.165) is 18.1 Å². The largest absolute Gasteiger partial charge is 0.481 e. The zero-order valence-corrected chi connectivity index (χ0v) is 13.2. The van der Waals surface area contributed by atoms with Gasteiger partial charge < -0.3 is 10.0 Å². The smallest absolute Gasteiger partial charge is 0.313 e. The molecule has 0 aliphatic carbocycles. The van der Waals surface area contributed by atoms with Crippen molar-refractivity contribution in [2.45, 2.75) is 23.7 Å². The average molecular weight is 327 g/mol. The van der Waals surface area contributed by atoms with Gasteiger partial charge in [-0.25, -0.2) is 0 Å². The van der Waals surface area contributed by atoms with Crippen molar-refractivity contribution in [3.8, 4) is 0 Å². The van der Waals surface area contributed by atoms with Crippen LogP contribution in [-0.2, 0) is 11.2 Å². The Hall–Kier alpha value is -1.12. The molecule has 0 spiro atoms. The third-order valence-electron chi connectivity index (χ3n) is 3.24. The second-order valence-corrected chi connectivity index (χ2v) is 7.63. The molecule has 1 aliphatic rings. The number of thiophene rings is 1. The third-order valence-corrected chi connectivity index (χ3v) is 6.31. The van der Waals surface area contributed by atoms with Crippen molar-refractivity contribution < 1.29 is 9.90 Å². The van der Waals surface area contributed by atoms with Crippen molar-refractivity contribution >= 4 is 45.5 Å². The molecule has 1 N–H and O–H groups in total. The molecule has 3 heterocycles. The number of thioether (sulfide) groups is 1. The minimum absolute atomic E-state index is 0.0267. The van der Waals surface area contributed by atoms with E-state index in [1.54, 1.807) is 0 Å². The molecule has 0 saturated heterocycles. The van der Waals surface area contributed by atoms with Crippen LogP contribution < -0.4 is 4.90 Å². The van der Waals surface area contributed by atoms with E-state index in [0.29, 0.717) is 10.4 Å². The Morgan fingerprint density at radius 2 is 2.45 bits per heavy atom. The first-order valence-corrected chi connectivity index (χ1v) is 8.84. The molecule has 5 nitrogen and oxygen atoms in total. The zero-order valence-electron chi connectivity index (χ0n) is 10.8. The van der Waals surface area contributed by atoms with Gasteiger partial charge in [0, 0.05) is 11.4 Å². The second-order valence-electron chi connectivity index (χ2n) is 4.45. The maximum absolute atomic E-state index is 10.6. The number of carboxylic acid groups (broad SMARTS) is 1. The zero-order chi connectivity index (χ0) is 14.1. The first-order valence-electron chi connectivity index (χ1n) is 6.16. The maximum Gasteiger partial charge on any atom is 0.313 e. The van der Waals surface area contributed by atoms with Crippen molar-refractivity contribution in [2.24, 2.45) is 0 Å². The average Bonchev–Trinajstić information content (AvgIpc) is 3.05. The molecule has 0 saturated carbocycles. The summed E-state index contributed by atoms with van der Waals surface area (Å²) in [4.78, 5) is 14.3. The highest BCUT2D eigenvalue weighted by atomic mass is 32.2. The van der Waals surface area contributed by atoms with E-state index >= 15 is 0 Å². The summed E-state index contributed by atoms with van der Waals surface area (Å²) in [6.07, 6.45) is 1.04. The van der Waals surface area contributed by atoms with E-state index in [1.807, 2.05) is 11.3 Å². The molecule has 0 bridgehead atoms. The summed E-state index contributed by atoms with van der Waals surface area (Å²) in [6.45, 7) is 3.11. The quantitative estimate of drug-likeness (QED) is 0.871. The summed E-state index contributed by atoms with van der Waals surface area (Å²) in [7, 11) is 0. The molecule has 2 aromatic heterocycles. The minimum atomic E-state index is -0.832. The summed E-state index contributed by atoms with van der Waals surface area (Å²) in [5, 5.41) is 20.0. The Kier molecular flexibility index (Phi) is 3.95. The molecule has 8 heteroatoms. The first kappa shape index (κ1) is 13.8. The summed E-state index contributed by atoms with van der Waals surface area (Å²) in [6, 6.07) is 2.48. The van der Waals surface area contributed by atoms with Gasteiger partial charge in [-0.1, -0.05) is 23.1 Å². The van der Waals surface area contributed by atoms with Crippen LogP contribution in [0.4, 0.5) is 5.13 Å². The van der Waals surface area contributed by atoms with Gasteiger partial charge in [0.15, 0.2) is 4.34 Å². The van der Waals surface area contributed by atoms with Gasteiger partial charge in [0.25, 0.3) is 0 Å². The second kappa shape index (κ2) is 5.71. The van der Waals surface area contributed by atoms with Crippen molar-refractivity contribution in [1.29, 1.82) is 0 Å². The monoisotopic (exact) mass is 327 g/mol. The van der Waals surface area contributed by atoms with Crippen LogP contribution in [0.5, 0.6) is 0 Å². The molecule has 2 aromatic rings. The van der Waals surface area contributed by atoms with Crippen molar-refractivity contribution in [3.05, 3.63) is 21.9 Å². The minimum Gasteiger partial charge on any atom is -0.481 e. The SMILES string of the molecule is CC1c2ccsc2CCN1c1nnc(SCC(=O)O)s1. The van der Waals surface area contributed by atoms with Gasteiger partial charge in [-0.05, 0) is 30.4 Å². The van der Waals surface area contributed by atoms with Gasteiger partial charge in [0.1, 0.15) is 0 Å². The predicted molar refractivity (Wildman–Crippen MR) is 82.1 cm³/mol. The molecule has 20 heavy (non-hydrogen) atoms. The van der Waals surface area contributed by atoms with E-state index in [9.17, 15) is 4.79 Å². The van der Waals surface area contributed by atoms with Gasteiger partial charge in [0.2, 0.25) is 5.13 Å². The van der Waals surface area contributed by atoms with Gasteiger partial charge >= 0.3 is 5.97 Å². The number of aromatic nitrogens is 2. The molecule has 0 fully saturated rings. The Morgan fingerprint density at radius 1 is 1.60 bits per heavy atom. The van der Waals surface area contributed by atoms with Crippen LogP contribution in [0, 0.1) is 0 Å². The Labute approximate surface area is 128 Å². The fourth-order valence-corrected chi connectivity index (χ4v) is 4.90. The van der Waals surface area contributed by atoms with Crippen LogP contribution in [0.1, 0.15) is 23.4 Å². The number of nitrogens with zero attached hydrogens (tertiary/aromatic N) is 3. The number of hydrogen-bond acceptors (Lipinski definition) is 7. The number of aliphatic carboxylic acids is 1. The van der Waals surface area contributed by atoms with Gasteiger partial charge in [-0.2, -0.15) is 0 Å². The Balaban J connectivity index is 1.75. The van der Waals surface area contributed by atoms with Crippen molar-refractivity contribution in [3.63, 3.8) is 0 Å². The lowest BCUT2D eigenvalue weighted by Gasteiger charge is -2.32. The summed E-state index contributed by atoms with van der Waals surface area (Å²) < 4.78 is 0.714. The number of hydrogen-bond donors (Lipinski definition) is 1. The molecule has 0 radical (unpaired) electrons. The van der Waals surface area contributed by atoms with E-state index in [-0.39, 0.29) is 5.75 Å².